The second-order valence-electron chi connectivity index (χ2n) is 7.17. The van der Waals surface area contributed by atoms with Crippen LogP contribution in [0.3, 0.4) is 0 Å². The van der Waals surface area contributed by atoms with Gasteiger partial charge in [0.05, 0.1) is 21.8 Å². The Bertz CT molecular complexity index is 1130. The number of benzene rings is 1. The first-order chi connectivity index (χ1) is 12.9. The van der Waals surface area contributed by atoms with E-state index in [0.29, 0.717) is 59.0 Å². The number of aromatic amines is 1. The van der Waals surface area contributed by atoms with E-state index in [0.717, 1.165) is 5.69 Å². The topological polar surface area (TPSA) is 79.2 Å². The number of rotatable bonds is 3. The standard InChI is InChI=1S/C20H20ClN3O3/c1-11(2)18-22-15-7-8-24(9-13(15)19(25)23-18)10-14-17(21)12-5-3-4-6-16(12)27-20(14)26/h3-6,11H,7-10H2,1-2H3,(H,22,23,25). The third-order valence-corrected chi connectivity index (χ3v) is 5.36. The molecule has 27 heavy (non-hydrogen) atoms. The summed E-state index contributed by atoms with van der Waals surface area (Å²) in [4.78, 5) is 34.4. The summed E-state index contributed by atoms with van der Waals surface area (Å²) in [5.41, 5.74) is 1.85. The van der Waals surface area contributed by atoms with E-state index in [1.807, 2.05) is 30.9 Å². The second-order valence-corrected chi connectivity index (χ2v) is 7.55. The van der Waals surface area contributed by atoms with Crippen molar-refractivity contribution in [2.45, 2.75) is 39.3 Å². The summed E-state index contributed by atoms with van der Waals surface area (Å²) in [6, 6.07) is 7.21. The molecular formula is C20H20ClN3O3. The number of hydrogen-bond acceptors (Lipinski definition) is 5. The van der Waals surface area contributed by atoms with Gasteiger partial charge in [0.2, 0.25) is 0 Å². The Kier molecular flexibility index (Phi) is 4.61. The van der Waals surface area contributed by atoms with Crippen molar-refractivity contribution in [1.82, 2.24) is 14.9 Å². The number of halogens is 1. The lowest BCUT2D eigenvalue weighted by molar-refractivity contribution is 0.238. The number of aromatic nitrogens is 2. The highest BCUT2D eigenvalue weighted by atomic mass is 35.5. The largest absolute Gasteiger partial charge is 0.422 e. The number of nitrogens with one attached hydrogen (secondary N) is 1. The molecule has 3 heterocycles. The van der Waals surface area contributed by atoms with Crippen LogP contribution in [0.4, 0.5) is 0 Å². The molecular weight excluding hydrogens is 366 g/mol. The van der Waals surface area contributed by atoms with Gasteiger partial charge in [0.25, 0.3) is 5.56 Å². The van der Waals surface area contributed by atoms with Crippen LogP contribution in [-0.2, 0) is 19.5 Å². The molecule has 0 amide bonds. The van der Waals surface area contributed by atoms with Gasteiger partial charge < -0.3 is 9.40 Å². The van der Waals surface area contributed by atoms with Crippen LogP contribution in [0.1, 0.15) is 42.4 Å². The van der Waals surface area contributed by atoms with Crippen molar-refractivity contribution in [1.29, 1.82) is 0 Å². The SMILES string of the molecule is CC(C)c1nc2c(c(=O)[nH]1)CN(Cc1c(Cl)c3ccccc3oc1=O)CC2. The molecule has 140 valence electrons. The van der Waals surface area contributed by atoms with Crippen molar-refractivity contribution in [2.75, 3.05) is 6.54 Å². The smallest absolute Gasteiger partial charge is 0.342 e. The van der Waals surface area contributed by atoms with Gasteiger partial charge in [0, 0.05) is 37.4 Å². The van der Waals surface area contributed by atoms with Crippen molar-refractivity contribution in [2.24, 2.45) is 0 Å². The van der Waals surface area contributed by atoms with E-state index in [1.165, 1.54) is 0 Å². The first-order valence-electron chi connectivity index (χ1n) is 8.98. The Morgan fingerprint density at radius 1 is 1.30 bits per heavy atom. The van der Waals surface area contributed by atoms with E-state index >= 15 is 0 Å². The minimum Gasteiger partial charge on any atom is -0.422 e. The molecule has 0 fully saturated rings. The predicted molar refractivity (Wildman–Crippen MR) is 104 cm³/mol. The third kappa shape index (κ3) is 3.31. The molecule has 1 aliphatic rings. The number of hydrogen-bond donors (Lipinski definition) is 1. The second kappa shape index (κ2) is 6.94. The molecule has 7 heteroatoms. The zero-order valence-corrected chi connectivity index (χ0v) is 16.0. The van der Waals surface area contributed by atoms with E-state index in [4.69, 9.17) is 16.0 Å². The molecule has 0 aliphatic carbocycles. The van der Waals surface area contributed by atoms with Crippen LogP contribution in [-0.4, -0.2) is 21.4 Å². The lowest BCUT2D eigenvalue weighted by Gasteiger charge is -2.27. The van der Waals surface area contributed by atoms with Crippen LogP contribution in [0.2, 0.25) is 5.02 Å². The molecule has 2 aromatic heterocycles. The summed E-state index contributed by atoms with van der Waals surface area (Å²) in [7, 11) is 0. The maximum Gasteiger partial charge on any atom is 0.342 e. The molecule has 0 atom stereocenters. The van der Waals surface area contributed by atoms with Gasteiger partial charge in [-0.1, -0.05) is 37.6 Å². The maximum atomic E-state index is 12.5. The molecule has 3 aromatic rings. The zero-order valence-electron chi connectivity index (χ0n) is 15.2. The van der Waals surface area contributed by atoms with Crippen molar-refractivity contribution in [3.05, 3.63) is 72.7 Å². The molecule has 0 radical (unpaired) electrons. The fourth-order valence-electron chi connectivity index (χ4n) is 3.42. The highest BCUT2D eigenvalue weighted by molar-refractivity contribution is 6.35. The Balaban J connectivity index is 1.65. The Morgan fingerprint density at radius 2 is 2.07 bits per heavy atom. The van der Waals surface area contributed by atoms with Crippen molar-refractivity contribution in [3.8, 4) is 0 Å². The number of H-pyrrole nitrogens is 1. The molecule has 1 N–H and O–H groups in total. The van der Waals surface area contributed by atoms with E-state index < -0.39 is 5.63 Å². The lowest BCUT2D eigenvalue weighted by Crippen LogP contribution is -2.37. The summed E-state index contributed by atoms with van der Waals surface area (Å²) in [5, 5.41) is 1.13. The van der Waals surface area contributed by atoms with Crippen LogP contribution in [0.15, 0.2) is 38.3 Å². The molecule has 0 unspecified atom stereocenters. The van der Waals surface area contributed by atoms with E-state index in [1.54, 1.807) is 12.1 Å². The van der Waals surface area contributed by atoms with Gasteiger partial charge in [-0.3, -0.25) is 9.69 Å². The summed E-state index contributed by atoms with van der Waals surface area (Å²) >= 11 is 6.49. The number of nitrogens with zero attached hydrogens (tertiary/aromatic N) is 2. The summed E-state index contributed by atoms with van der Waals surface area (Å²) in [6.07, 6.45) is 0.662. The van der Waals surface area contributed by atoms with Crippen molar-refractivity contribution < 1.29 is 4.42 Å². The van der Waals surface area contributed by atoms with Crippen LogP contribution in [0.5, 0.6) is 0 Å². The molecule has 0 saturated heterocycles. The van der Waals surface area contributed by atoms with Crippen LogP contribution in [0, 0.1) is 0 Å². The highest BCUT2D eigenvalue weighted by Gasteiger charge is 2.24. The minimum absolute atomic E-state index is 0.106. The molecule has 1 aliphatic heterocycles. The van der Waals surface area contributed by atoms with Gasteiger partial charge in [-0.2, -0.15) is 0 Å². The molecule has 0 saturated carbocycles. The number of para-hydroxylation sites is 1. The first-order valence-corrected chi connectivity index (χ1v) is 9.36. The fourth-order valence-corrected chi connectivity index (χ4v) is 3.71. The first kappa shape index (κ1) is 17.9. The van der Waals surface area contributed by atoms with Gasteiger partial charge in [-0.05, 0) is 12.1 Å². The Morgan fingerprint density at radius 3 is 2.85 bits per heavy atom. The summed E-state index contributed by atoms with van der Waals surface area (Å²) in [5.74, 6) is 0.882. The molecule has 0 bridgehead atoms. The average molecular weight is 386 g/mol. The Hall–Kier alpha value is -2.44. The van der Waals surface area contributed by atoms with Crippen LogP contribution < -0.4 is 11.2 Å². The van der Waals surface area contributed by atoms with Gasteiger partial charge in [0.1, 0.15) is 11.4 Å². The normalized spacial score (nSPS) is 14.7. The van der Waals surface area contributed by atoms with Gasteiger partial charge >= 0.3 is 5.63 Å². The number of fused-ring (bicyclic) bond motifs is 2. The third-order valence-electron chi connectivity index (χ3n) is 4.93. The summed E-state index contributed by atoms with van der Waals surface area (Å²) < 4.78 is 5.40. The fraction of sp³-hybridized carbons (Fsp3) is 0.350. The summed E-state index contributed by atoms with van der Waals surface area (Å²) in [6.45, 7) is 5.46. The Labute approximate surface area is 160 Å². The van der Waals surface area contributed by atoms with Crippen molar-refractivity contribution in [3.63, 3.8) is 0 Å². The average Bonchev–Trinajstić information content (AvgIpc) is 2.65. The van der Waals surface area contributed by atoms with E-state index in [2.05, 4.69) is 9.97 Å². The van der Waals surface area contributed by atoms with Crippen molar-refractivity contribution >= 4 is 22.6 Å². The highest BCUT2D eigenvalue weighted by Crippen LogP contribution is 2.26. The van der Waals surface area contributed by atoms with Crippen LogP contribution in [0.25, 0.3) is 11.0 Å². The van der Waals surface area contributed by atoms with Gasteiger partial charge in [0.15, 0.2) is 0 Å². The zero-order chi connectivity index (χ0) is 19.1. The predicted octanol–water partition coefficient (Wildman–Crippen LogP) is 3.21. The maximum absolute atomic E-state index is 12.5. The monoisotopic (exact) mass is 385 g/mol. The van der Waals surface area contributed by atoms with Gasteiger partial charge in [-0.15, -0.1) is 0 Å². The van der Waals surface area contributed by atoms with Crippen LogP contribution >= 0.6 is 11.6 Å². The molecule has 1 aromatic carbocycles. The minimum atomic E-state index is -0.438. The van der Waals surface area contributed by atoms with E-state index in [9.17, 15) is 9.59 Å². The lowest BCUT2D eigenvalue weighted by atomic mass is 10.0. The van der Waals surface area contributed by atoms with Gasteiger partial charge in [-0.25, -0.2) is 9.78 Å². The molecule has 4 rings (SSSR count). The molecule has 0 spiro atoms. The van der Waals surface area contributed by atoms with E-state index in [-0.39, 0.29) is 11.5 Å². The molecule has 6 nitrogen and oxygen atoms in total. The quantitative estimate of drug-likeness (QED) is 0.700.